The monoisotopic (exact) mass is 331 g/mol. The number of hydrogen-bond donors (Lipinski definition) is 1. The highest BCUT2D eigenvalue weighted by Crippen LogP contribution is 2.26. The predicted molar refractivity (Wildman–Crippen MR) is 67.5 cm³/mol. The highest BCUT2D eigenvalue weighted by Gasteiger charge is 2.38. The van der Waals surface area contributed by atoms with Gasteiger partial charge in [0.2, 0.25) is 5.91 Å². The minimum atomic E-state index is -4.63. The first-order valence-corrected chi connectivity index (χ1v) is 6.08. The third-order valence-corrected chi connectivity index (χ3v) is 2.95. The SMILES string of the molecule is O=C(CN1C(=O)c2ccc([N+](=O)[O-])cc2C1=O)NCC(F)(F)F. The van der Waals surface area contributed by atoms with Crippen molar-refractivity contribution < 1.29 is 32.5 Å². The van der Waals surface area contributed by atoms with E-state index in [9.17, 15) is 37.7 Å². The van der Waals surface area contributed by atoms with Crippen LogP contribution in [0.2, 0.25) is 0 Å². The van der Waals surface area contributed by atoms with Crippen molar-refractivity contribution >= 4 is 23.4 Å². The minimum absolute atomic E-state index is 0.149. The summed E-state index contributed by atoms with van der Waals surface area (Å²) in [5.74, 6) is -3.05. The molecule has 0 fully saturated rings. The van der Waals surface area contributed by atoms with Gasteiger partial charge in [0.15, 0.2) is 0 Å². The van der Waals surface area contributed by atoms with Crippen molar-refractivity contribution in [2.75, 3.05) is 13.1 Å². The number of benzene rings is 1. The van der Waals surface area contributed by atoms with E-state index in [2.05, 4.69) is 0 Å². The highest BCUT2D eigenvalue weighted by atomic mass is 19.4. The van der Waals surface area contributed by atoms with E-state index in [1.54, 1.807) is 0 Å². The van der Waals surface area contributed by atoms with Crippen LogP contribution in [-0.4, -0.2) is 46.8 Å². The van der Waals surface area contributed by atoms with Gasteiger partial charge in [-0.3, -0.25) is 29.4 Å². The fourth-order valence-electron chi connectivity index (χ4n) is 1.93. The van der Waals surface area contributed by atoms with Crippen LogP contribution < -0.4 is 5.32 Å². The molecule has 1 heterocycles. The van der Waals surface area contributed by atoms with E-state index in [0.717, 1.165) is 18.2 Å². The van der Waals surface area contributed by atoms with Crippen molar-refractivity contribution in [1.82, 2.24) is 10.2 Å². The molecule has 1 aliphatic heterocycles. The van der Waals surface area contributed by atoms with Gasteiger partial charge in [0.1, 0.15) is 13.1 Å². The first-order chi connectivity index (χ1) is 10.6. The van der Waals surface area contributed by atoms with Gasteiger partial charge < -0.3 is 5.32 Å². The van der Waals surface area contributed by atoms with Gasteiger partial charge in [0.05, 0.1) is 16.1 Å². The number of fused-ring (bicyclic) bond motifs is 1. The average Bonchev–Trinajstić information content (AvgIpc) is 2.69. The van der Waals surface area contributed by atoms with Crippen LogP contribution in [0.15, 0.2) is 18.2 Å². The van der Waals surface area contributed by atoms with Crippen LogP contribution in [0.3, 0.4) is 0 Å². The molecule has 3 amide bonds. The fraction of sp³-hybridized carbons (Fsp3) is 0.250. The number of nitro benzene ring substituents is 1. The molecule has 0 unspecified atom stereocenters. The van der Waals surface area contributed by atoms with Crippen LogP contribution in [0.1, 0.15) is 20.7 Å². The summed E-state index contributed by atoms with van der Waals surface area (Å²) >= 11 is 0. The van der Waals surface area contributed by atoms with E-state index in [1.165, 1.54) is 5.32 Å². The number of rotatable bonds is 4. The lowest BCUT2D eigenvalue weighted by atomic mass is 10.1. The Labute approximate surface area is 126 Å². The molecule has 0 aromatic heterocycles. The number of nitrogens with one attached hydrogen (secondary N) is 1. The van der Waals surface area contributed by atoms with Crippen LogP contribution in [0, 0.1) is 10.1 Å². The lowest BCUT2D eigenvalue weighted by Gasteiger charge is -2.14. The average molecular weight is 331 g/mol. The van der Waals surface area contributed by atoms with Gasteiger partial charge in [-0.1, -0.05) is 0 Å². The normalized spacial score (nSPS) is 14.0. The van der Waals surface area contributed by atoms with E-state index < -0.39 is 47.6 Å². The minimum Gasteiger partial charge on any atom is -0.345 e. The first kappa shape index (κ1) is 16.4. The molecule has 1 aliphatic rings. The van der Waals surface area contributed by atoms with Gasteiger partial charge in [0.25, 0.3) is 17.5 Å². The summed E-state index contributed by atoms with van der Waals surface area (Å²) in [5.41, 5.74) is -0.842. The highest BCUT2D eigenvalue weighted by molar-refractivity contribution is 6.22. The van der Waals surface area contributed by atoms with E-state index in [0.29, 0.717) is 4.90 Å². The van der Waals surface area contributed by atoms with Gasteiger partial charge in [-0.25, -0.2) is 0 Å². The Bertz CT molecular complexity index is 716. The van der Waals surface area contributed by atoms with Crippen molar-refractivity contribution in [3.05, 3.63) is 39.4 Å². The molecule has 122 valence electrons. The second kappa shape index (κ2) is 5.66. The largest absolute Gasteiger partial charge is 0.405 e. The molecule has 11 heteroatoms. The number of imide groups is 1. The van der Waals surface area contributed by atoms with Gasteiger partial charge in [0, 0.05) is 12.1 Å². The number of alkyl halides is 3. The standard InChI is InChI=1S/C12H8F3N3O5/c13-12(14,15)5-16-9(19)4-17-10(20)7-2-1-6(18(22)23)3-8(7)11(17)21/h1-3H,4-5H2,(H,16,19). The maximum absolute atomic E-state index is 12.0. The first-order valence-electron chi connectivity index (χ1n) is 6.08. The lowest BCUT2D eigenvalue weighted by molar-refractivity contribution is -0.384. The maximum atomic E-state index is 12.0. The molecule has 0 saturated carbocycles. The molecular weight excluding hydrogens is 323 g/mol. The quantitative estimate of drug-likeness (QED) is 0.500. The predicted octanol–water partition coefficient (Wildman–Crippen LogP) is 0.869. The van der Waals surface area contributed by atoms with Gasteiger partial charge in [-0.2, -0.15) is 13.2 Å². The van der Waals surface area contributed by atoms with Crippen LogP contribution >= 0.6 is 0 Å². The van der Waals surface area contributed by atoms with Gasteiger partial charge >= 0.3 is 6.18 Å². The number of non-ortho nitro benzene ring substituents is 1. The molecule has 0 bridgehead atoms. The van der Waals surface area contributed by atoms with E-state index in [-0.39, 0.29) is 11.1 Å². The lowest BCUT2D eigenvalue weighted by Crippen LogP contribution is -2.43. The molecular formula is C12H8F3N3O5. The van der Waals surface area contributed by atoms with E-state index in [1.807, 2.05) is 0 Å². The van der Waals surface area contributed by atoms with Crippen LogP contribution in [0.4, 0.5) is 18.9 Å². The van der Waals surface area contributed by atoms with E-state index in [4.69, 9.17) is 0 Å². The summed E-state index contributed by atoms with van der Waals surface area (Å²) in [6.45, 7) is -2.50. The Morgan fingerprint density at radius 2 is 1.83 bits per heavy atom. The topological polar surface area (TPSA) is 110 Å². The molecule has 1 N–H and O–H groups in total. The van der Waals surface area contributed by atoms with Crippen molar-refractivity contribution in [3.63, 3.8) is 0 Å². The van der Waals surface area contributed by atoms with Crippen molar-refractivity contribution in [2.24, 2.45) is 0 Å². The van der Waals surface area contributed by atoms with Crippen LogP contribution in [0.25, 0.3) is 0 Å². The molecule has 0 saturated heterocycles. The Kier molecular flexibility index (Phi) is 4.04. The van der Waals surface area contributed by atoms with Gasteiger partial charge in [-0.05, 0) is 6.07 Å². The number of nitrogens with zero attached hydrogens (tertiary/aromatic N) is 2. The Hall–Kier alpha value is -2.98. The number of hydrogen-bond acceptors (Lipinski definition) is 5. The van der Waals surface area contributed by atoms with Crippen molar-refractivity contribution in [3.8, 4) is 0 Å². The Morgan fingerprint density at radius 1 is 1.22 bits per heavy atom. The van der Waals surface area contributed by atoms with Crippen LogP contribution in [-0.2, 0) is 4.79 Å². The molecule has 1 aromatic rings. The number of carbonyl (C=O) groups excluding carboxylic acids is 3. The zero-order valence-corrected chi connectivity index (χ0v) is 11.2. The molecule has 0 spiro atoms. The summed E-state index contributed by atoms with van der Waals surface area (Å²) in [4.78, 5) is 45.7. The second-order valence-corrected chi connectivity index (χ2v) is 4.58. The zero-order chi connectivity index (χ0) is 17.4. The summed E-state index contributed by atoms with van der Waals surface area (Å²) in [6, 6.07) is 2.95. The summed E-state index contributed by atoms with van der Waals surface area (Å²) in [6.07, 6.45) is -4.63. The fourth-order valence-corrected chi connectivity index (χ4v) is 1.93. The third-order valence-electron chi connectivity index (χ3n) is 2.95. The molecule has 0 atom stereocenters. The van der Waals surface area contributed by atoms with Crippen LogP contribution in [0.5, 0.6) is 0 Å². The number of amides is 3. The van der Waals surface area contributed by atoms with Crippen molar-refractivity contribution in [2.45, 2.75) is 6.18 Å². The molecule has 2 rings (SSSR count). The Morgan fingerprint density at radius 3 is 2.39 bits per heavy atom. The summed E-state index contributed by atoms with van der Waals surface area (Å²) in [7, 11) is 0. The zero-order valence-electron chi connectivity index (χ0n) is 11.2. The van der Waals surface area contributed by atoms with Gasteiger partial charge in [-0.15, -0.1) is 0 Å². The third kappa shape index (κ3) is 3.44. The molecule has 8 nitrogen and oxygen atoms in total. The Balaban J connectivity index is 2.14. The van der Waals surface area contributed by atoms with E-state index >= 15 is 0 Å². The summed E-state index contributed by atoms with van der Waals surface area (Å²) in [5, 5.41) is 12.2. The second-order valence-electron chi connectivity index (χ2n) is 4.58. The molecule has 0 aliphatic carbocycles. The summed E-state index contributed by atoms with van der Waals surface area (Å²) < 4.78 is 36.0. The molecule has 0 radical (unpaired) electrons. The molecule has 23 heavy (non-hydrogen) atoms. The number of halogens is 3. The smallest absolute Gasteiger partial charge is 0.345 e. The van der Waals surface area contributed by atoms with Crippen molar-refractivity contribution in [1.29, 1.82) is 0 Å². The number of nitro groups is 1. The maximum Gasteiger partial charge on any atom is 0.405 e. The number of carbonyl (C=O) groups is 3. The molecule has 1 aromatic carbocycles.